The molecule has 0 unspecified atom stereocenters. The van der Waals surface area contributed by atoms with E-state index in [0.29, 0.717) is 6.54 Å². The summed E-state index contributed by atoms with van der Waals surface area (Å²) < 4.78 is 0. The van der Waals surface area contributed by atoms with Crippen molar-refractivity contribution in [3.63, 3.8) is 0 Å². The summed E-state index contributed by atoms with van der Waals surface area (Å²) >= 11 is 0. The second-order valence-electron chi connectivity index (χ2n) is 2.80. The van der Waals surface area contributed by atoms with Gasteiger partial charge in [-0.1, -0.05) is 24.3 Å². The molecule has 1 aromatic carbocycles. The van der Waals surface area contributed by atoms with Gasteiger partial charge in [0.25, 0.3) is 0 Å². The smallest absolute Gasteiger partial charge is 0.174 e. The van der Waals surface area contributed by atoms with Gasteiger partial charge in [0.2, 0.25) is 0 Å². The summed E-state index contributed by atoms with van der Waals surface area (Å²) in [6, 6.07) is 8.02. The van der Waals surface area contributed by atoms with Crippen LogP contribution in [0.3, 0.4) is 0 Å². The van der Waals surface area contributed by atoms with E-state index in [1.54, 1.807) is 0 Å². The zero-order chi connectivity index (χ0) is 9.10. The van der Waals surface area contributed by atoms with Gasteiger partial charge in [-0.15, -0.1) is 0 Å². The first-order valence-corrected chi connectivity index (χ1v) is 4.11. The van der Waals surface area contributed by atoms with E-state index in [9.17, 15) is 0 Å². The average Bonchev–Trinajstić information content (AvgIpc) is 2.71. The highest BCUT2D eigenvalue weighted by Crippen LogP contribution is 2.15. The maximum Gasteiger partial charge on any atom is 0.174 e. The van der Waals surface area contributed by atoms with E-state index in [4.69, 9.17) is 5.73 Å². The topological polar surface area (TPSA) is 54.7 Å². The van der Waals surface area contributed by atoms with Crippen molar-refractivity contribution in [1.29, 1.82) is 0 Å². The predicted molar refractivity (Wildman–Crippen MR) is 50.8 cm³/mol. The number of aromatic amines is 1. The zero-order valence-electron chi connectivity index (χ0n) is 7.12. The number of imidazole rings is 1. The normalized spacial score (nSPS) is 10.2. The lowest BCUT2D eigenvalue weighted by molar-refractivity contribution is 1.07. The minimum absolute atomic E-state index is 0.576. The lowest BCUT2D eigenvalue weighted by Gasteiger charge is -1.98. The van der Waals surface area contributed by atoms with Gasteiger partial charge in [-0.3, -0.25) is 0 Å². The molecule has 0 fully saturated rings. The molecule has 0 bridgehead atoms. The Morgan fingerprint density at radius 3 is 2.62 bits per heavy atom. The number of aromatic nitrogens is 2. The third-order valence-corrected chi connectivity index (χ3v) is 1.94. The fraction of sp³-hybridized carbons (Fsp3) is 0.100. The first kappa shape index (κ1) is 8.01. The van der Waals surface area contributed by atoms with Gasteiger partial charge >= 0.3 is 0 Å². The number of benzene rings is 1. The highest BCUT2D eigenvalue weighted by Gasteiger charge is 1.98. The number of nitrogens with one attached hydrogen (secondary N) is 1. The molecule has 13 heavy (non-hydrogen) atoms. The Hall–Kier alpha value is -1.61. The molecule has 0 saturated carbocycles. The number of nitrogens with zero attached hydrogens (tertiary/aromatic N) is 1. The fourth-order valence-corrected chi connectivity index (χ4v) is 1.18. The lowest BCUT2D eigenvalue weighted by atomic mass is 10.1. The molecular weight excluding hydrogens is 162 g/mol. The number of H-pyrrole nitrogens is 1. The van der Waals surface area contributed by atoms with E-state index in [2.05, 4.69) is 16.3 Å². The molecule has 3 heteroatoms. The van der Waals surface area contributed by atoms with Crippen LogP contribution >= 0.6 is 0 Å². The van der Waals surface area contributed by atoms with Gasteiger partial charge in [0, 0.05) is 18.3 Å². The molecular formula is C10H10N3. The third-order valence-electron chi connectivity index (χ3n) is 1.94. The Morgan fingerprint density at radius 1 is 1.31 bits per heavy atom. The number of nitrogens with two attached hydrogens (primary N) is 1. The maximum atomic E-state index is 5.49. The number of rotatable bonds is 2. The summed E-state index contributed by atoms with van der Waals surface area (Å²) in [7, 11) is 0. The van der Waals surface area contributed by atoms with Crippen molar-refractivity contribution in [2.75, 3.05) is 0 Å². The maximum absolute atomic E-state index is 5.49. The van der Waals surface area contributed by atoms with Gasteiger partial charge < -0.3 is 10.7 Å². The van der Waals surface area contributed by atoms with Crippen LogP contribution in [0.4, 0.5) is 0 Å². The van der Waals surface area contributed by atoms with E-state index in [0.717, 1.165) is 16.8 Å². The van der Waals surface area contributed by atoms with E-state index < -0.39 is 0 Å². The Bertz CT molecular complexity index is 362. The first-order chi connectivity index (χ1) is 6.40. The minimum atomic E-state index is 0.576. The van der Waals surface area contributed by atoms with Crippen LogP contribution in [0.5, 0.6) is 0 Å². The molecule has 1 heterocycles. The Labute approximate surface area is 76.6 Å². The van der Waals surface area contributed by atoms with E-state index >= 15 is 0 Å². The van der Waals surface area contributed by atoms with Crippen molar-refractivity contribution < 1.29 is 0 Å². The van der Waals surface area contributed by atoms with Crippen LogP contribution in [-0.2, 0) is 6.54 Å². The largest absolute Gasteiger partial charge is 0.341 e. The second-order valence-corrected chi connectivity index (χ2v) is 2.80. The quantitative estimate of drug-likeness (QED) is 0.718. The molecule has 2 rings (SSSR count). The van der Waals surface area contributed by atoms with E-state index in [1.165, 1.54) is 0 Å². The van der Waals surface area contributed by atoms with Crippen molar-refractivity contribution in [1.82, 2.24) is 9.97 Å². The van der Waals surface area contributed by atoms with Gasteiger partial charge in [0.05, 0.1) is 5.69 Å². The van der Waals surface area contributed by atoms with Crippen LogP contribution < -0.4 is 5.73 Å². The molecule has 0 atom stereocenters. The van der Waals surface area contributed by atoms with E-state index in [1.807, 2.05) is 30.5 Å². The van der Waals surface area contributed by atoms with Crippen molar-refractivity contribution in [3.8, 4) is 11.3 Å². The van der Waals surface area contributed by atoms with Gasteiger partial charge in [-0.05, 0) is 5.56 Å². The van der Waals surface area contributed by atoms with Gasteiger partial charge in [-0.25, -0.2) is 4.98 Å². The zero-order valence-corrected chi connectivity index (χ0v) is 7.12. The highest BCUT2D eigenvalue weighted by atomic mass is 14.9. The first-order valence-electron chi connectivity index (χ1n) is 4.11. The standard InChI is InChI=1S/C10H10N3/c11-5-8-1-3-9(4-2-8)10-6-12-7-13-10/h1-4,6H,5,11H2,(H,12,13). The SMILES string of the molecule is NCc1ccc(-c2c[nH][c]n2)cc1. The van der Waals surface area contributed by atoms with Crippen molar-refractivity contribution in [2.45, 2.75) is 6.54 Å². The summed E-state index contributed by atoms with van der Waals surface area (Å²) in [5.74, 6) is 0. The van der Waals surface area contributed by atoms with Crippen LogP contribution in [0.15, 0.2) is 30.5 Å². The van der Waals surface area contributed by atoms with E-state index in [-0.39, 0.29) is 0 Å². The summed E-state index contributed by atoms with van der Waals surface area (Å²) in [5.41, 5.74) is 8.60. The summed E-state index contributed by atoms with van der Waals surface area (Å²) in [4.78, 5) is 6.83. The summed E-state index contributed by atoms with van der Waals surface area (Å²) in [5, 5.41) is 0. The summed E-state index contributed by atoms with van der Waals surface area (Å²) in [6.45, 7) is 0.576. The minimum Gasteiger partial charge on any atom is -0.341 e. The van der Waals surface area contributed by atoms with Gasteiger partial charge in [-0.2, -0.15) is 0 Å². The number of hydrogen-bond donors (Lipinski definition) is 2. The van der Waals surface area contributed by atoms with Crippen molar-refractivity contribution in [3.05, 3.63) is 42.4 Å². The average molecular weight is 172 g/mol. The monoisotopic (exact) mass is 172 g/mol. The molecule has 0 aliphatic heterocycles. The molecule has 3 N–H and O–H groups in total. The molecule has 65 valence electrons. The number of hydrogen-bond acceptors (Lipinski definition) is 2. The Kier molecular flexibility index (Phi) is 2.10. The van der Waals surface area contributed by atoms with Gasteiger partial charge in [0.1, 0.15) is 0 Å². The molecule has 0 aliphatic carbocycles. The lowest BCUT2D eigenvalue weighted by Crippen LogP contribution is -1.95. The molecule has 1 radical (unpaired) electrons. The van der Waals surface area contributed by atoms with Crippen LogP contribution in [0, 0.1) is 6.33 Å². The molecule has 0 aliphatic rings. The third kappa shape index (κ3) is 1.60. The molecule has 2 aromatic rings. The molecule has 0 saturated heterocycles. The second kappa shape index (κ2) is 3.41. The highest BCUT2D eigenvalue weighted by molar-refractivity contribution is 5.58. The van der Waals surface area contributed by atoms with Crippen molar-refractivity contribution in [2.24, 2.45) is 5.73 Å². The Morgan fingerprint density at radius 2 is 2.08 bits per heavy atom. The van der Waals surface area contributed by atoms with Crippen LogP contribution in [0.25, 0.3) is 11.3 Å². The van der Waals surface area contributed by atoms with Crippen LogP contribution in [0.1, 0.15) is 5.56 Å². The predicted octanol–water partition coefficient (Wildman–Crippen LogP) is 1.34. The molecule has 1 aromatic heterocycles. The summed E-state index contributed by atoms with van der Waals surface area (Å²) in [6.07, 6.45) is 4.47. The molecule has 3 nitrogen and oxygen atoms in total. The Balaban J connectivity index is 2.33. The van der Waals surface area contributed by atoms with Gasteiger partial charge in [0.15, 0.2) is 6.33 Å². The van der Waals surface area contributed by atoms with Crippen LogP contribution in [-0.4, -0.2) is 9.97 Å². The van der Waals surface area contributed by atoms with Crippen LogP contribution in [0.2, 0.25) is 0 Å². The molecule has 0 spiro atoms. The fourth-order valence-electron chi connectivity index (χ4n) is 1.18. The molecule has 0 amide bonds. The van der Waals surface area contributed by atoms with Crippen molar-refractivity contribution >= 4 is 0 Å².